The molecule has 1 saturated heterocycles. The molecule has 1 heterocycles. The summed E-state index contributed by atoms with van der Waals surface area (Å²) in [5, 5.41) is 2.14. The average molecular weight is 490 g/mol. The van der Waals surface area contributed by atoms with Gasteiger partial charge >= 0.3 is 12.4 Å². The molecule has 1 aliphatic heterocycles. The number of anilines is 2. The van der Waals surface area contributed by atoms with Crippen LogP contribution in [0, 0.1) is 24.1 Å². The lowest BCUT2D eigenvalue weighted by molar-refractivity contribution is -0.143. The Morgan fingerprint density at radius 1 is 1.03 bits per heavy atom. The second kappa shape index (κ2) is 8.59. The third kappa shape index (κ3) is 4.74. The molecule has 2 aromatic rings. The third-order valence-corrected chi connectivity index (χ3v) is 6.07. The maximum atomic E-state index is 14.5. The van der Waals surface area contributed by atoms with Gasteiger partial charge in [0.05, 0.1) is 22.2 Å². The molecule has 1 fully saturated rings. The molecule has 4 nitrogen and oxygen atoms in total. The van der Waals surface area contributed by atoms with Gasteiger partial charge in [0.15, 0.2) is 0 Å². The van der Waals surface area contributed by atoms with E-state index in [4.69, 9.17) is 0 Å². The maximum absolute atomic E-state index is 14.5. The van der Waals surface area contributed by atoms with Gasteiger partial charge in [0.25, 0.3) is 0 Å². The van der Waals surface area contributed by atoms with Crippen LogP contribution in [0.1, 0.15) is 37.0 Å². The fourth-order valence-electron chi connectivity index (χ4n) is 4.04. The smallest absolute Gasteiger partial charge is 0.326 e. The summed E-state index contributed by atoms with van der Waals surface area (Å²) in [5.74, 6) is -2.76. The van der Waals surface area contributed by atoms with Crippen molar-refractivity contribution in [1.82, 2.24) is 0 Å². The largest absolute Gasteiger partial charge is 0.416 e. The number of hydrogen-bond donors (Lipinski definition) is 1. The summed E-state index contributed by atoms with van der Waals surface area (Å²) in [6.07, 6.45) is -10.6. The van der Waals surface area contributed by atoms with E-state index >= 15 is 0 Å². The number of amides is 2. The van der Waals surface area contributed by atoms with Crippen LogP contribution >= 0.6 is 0 Å². The van der Waals surface area contributed by atoms with Crippen molar-refractivity contribution in [3.63, 3.8) is 0 Å². The Bertz CT molecular complexity index is 1070. The number of carbonyl (C=O) groups excluding carboxylic acids is 2. The van der Waals surface area contributed by atoms with Crippen molar-refractivity contribution in [2.45, 2.75) is 39.5 Å². The molecule has 0 aromatic heterocycles. The quantitative estimate of drug-likeness (QED) is 0.520. The molecule has 0 spiro atoms. The maximum Gasteiger partial charge on any atom is 0.416 e. The number of para-hydroxylation sites is 1. The van der Waals surface area contributed by atoms with Crippen LogP contribution in [0.15, 0.2) is 36.4 Å². The minimum atomic E-state index is -5.08. The summed E-state index contributed by atoms with van der Waals surface area (Å²) >= 11 is 0. The van der Waals surface area contributed by atoms with E-state index in [1.807, 2.05) is 0 Å². The normalized spacial score (nSPS) is 19.1. The van der Waals surface area contributed by atoms with Crippen LogP contribution in [0.25, 0.3) is 0 Å². The number of halogens is 7. The fraction of sp³-hybridized carbons (Fsp3) is 0.391. The molecule has 1 N–H and O–H groups in total. The number of alkyl halides is 6. The number of benzene rings is 2. The highest BCUT2D eigenvalue weighted by Crippen LogP contribution is 2.44. The highest BCUT2D eigenvalue weighted by molar-refractivity contribution is 6.06. The van der Waals surface area contributed by atoms with Gasteiger partial charge in [-0.15, -0.1) is 0 Å². The monoisotopic (exact) mass is 490 g/mol. The Labute approximate surface area is 190 Å². The lowest BCUT2D eigenvalue weighted by atomic mass is 9.75. The van der Waals surface area contributed by atoms with Gasteiger partial charge in [0, 0.05) is 18.7 Å². The number of carbonyl (C=O) groups is 2. The summed E-state index contributed by atoms with van der Waals surface area (Å²) in [7, 11) is 0. The van der Waals surface area contributed by atoms with E-state index in [0.717, 1.165) is 11.0 Å². The molecule has 2 aromatic carbocycles. The first kappa shape index (κ1) is 25.5. The molecule has 34 heavy (non-hydrogen) atoms. The molecule has 184 valence electrons. The van der Waals surface area contributed by atoms with Crippen molar-refractivity contribution >= 4 is 23.2 Å². The van der Waals surface area contributed by atoms with Crippen LogP contribution in [-0.2, 0) is 21.9 Å². The van der Waals surface area contributed by atoms with Crippen molar-refractivity contribution < 1.29 is 40.3 Å². The van der Waals surface area contributed by atoms with E-state index in [9.17, 15) is 40.3 Å². The lowest BCUT2D eigenvalue weighted by Gasteiger charge is -2.32. The van der Waals surface area contributed by atoms with Crippen molar-refractivity contribution in [3.05, 3.63) is 58.9 Å². The first-order chi connectivity index (χ1) is 15.6. The van der Waals surface area contributed by atoms with Crippen molar-refractivity contribution in [1.29, 1.82) is 0 Å². The predicted octanol–water partition coefficient (Wildman–Crippen LogP) is 6.19. The topological polar surface area (TPSA) is 49.4 Å². The molecular weight excluding hydrogens is 469 g/mol. The summed E-state index contributed by atoms with van der Waals surface area (Å²) in [4.78, 5) is 27.1. The van der Waals surface area contributed by atoms with Crippen molar-refractivity contribution in [2.24, 2.45) is 11.3 Å². The molecule has 1 unspecified atom stereocenters. The second-order valence-corrected chi connectivity index (χ2v) is 8.62. The standard InChI is InChI=1S/C23H21F7N2O2/c1-12(2)21(10-18(33)32(11-21)19-13(3)5-4-6-17(19)24)20(34)31-16-8-14(22(25,26)27)7-15(9-16)23(28,29)30/h4-9,12H,10-11H2,1-3H3,(H,31,34). The van der Waals surface area contributed by atoms with Gasteiger partial charge in [0.1, 0.15) is 5.82 Å². The first-order valence-corrected chi connectivity index (χ1v) is 10.2. The lowest BCUT2D eigenvalue weighted by Crippen LogP contribution is -2.43. The Morgan fingerprint density at radius 2 is 1.59 bits per heavy atom. The van der Waals surface area contributed by atoms with Gasteiger partial charge < -0.3 is 10.2 Å². The molecule has 0 aliphatic carbocycles. The molecule has 0 radical (unpaired) electrons. The number of rotatable bonds is 4. The molecule has 1 aliphatic rings. The van der Waals surface area contributed by atoms with Gasteiger partial charge in [0.2, 0.25) is 11.8 Å². The van der Waals surface area contributed by atoms with E-state index in [-0.39, 0.29) is 18.3 Å². The van der Waals surface area contributed by atoms with Crippen LogP contribution < -0.4 is 10.2 Å². The van der Waals surface area contributed by atoms with Crippen LogP contribution in [0.3, 0.4) is 0 Å². The molecular formula is C23H21F7N2O2. The SMILES string of the molecule is Cc1cccc(F)c1N1CC(C(=O)Nc2cc(C(F)(F)F)cc(C(F)(F)F)c2)(C(C)C)CC1=O. The zero-order valence-corrected chi connectivity index (χ0v) is 18.4. The average Bonchev–Trinajstić information content (AvgIpc) is 3.05. The van der Waals surface area contributed by atoms with Crippen molar-refractivity contribution in [2.75, 3.05) is 16.8 Å². The van der Waals surface area contributed by atoms with E-state index in [0.29, 0.717) is 17.7 Å². The molecule has 11 heteroatoms. The fourth-order valence-corrected chi connectivity index (χ4v) is 4.04. The summed E-state index contributed by atoms with van der Waals surface area (Å²) in [6.45, 7) is 4.47. The molecule has 1 atom stereocenters. The summed E-state index contributed by atoms with van der Waals surface area (Å²) in [6, 6.07) is 4.92. The zero-order chi connectivity index (χ0) is 25.6. The van der Waals surface area contributed by atoms with E-state index in [1.165, 1.54) is 6.07 Å². The van der Waals surface area contributed by atoms with Crippen LogP contribution in [0.2, 0.25) is 0 Å². The predicted molar refractivity (Wildman–Crippen MR) is 110 cm³/mol. The Balaban J connectivity index is 2.00. The molecule has 3 rings (SSSR count). The minimum absolute atomic E-state index is 0.0266. The van der Waals surface area contributed by atoms with E-state index in [2.05, 4.69) is 5.32 Å². The van der Waals surface area contributed by atoms with E-state index < -0.39 is 64.6 Å². The number of aryl methyl sites for hydroxylation is 1. The van der Waals surface area contributed by atoms with Gasteiger partial charge in [-0.25, -0.2) is 4.39 Å². The Kier molecular flexibility index (Phi) is 6.45. The van der Waals surface area contributed by atoms with E-state index in [1.54, 1.807) is 26.8 Å². The summed E-state index contributed by atoms with van der Waals surface area (Å²) in [5.41, 5.74) is -4.98. The first-order valence-electron chi connectivity index (χ1n) is 10.2. The Morgan fingerprint density at radius 3 is 2.06 bits per heavy atom. The summed E-state index contributed by atoms with van der Waals surface area (Å²) < 4.78 is 93.5. The third-order valence-electron chi connectivity index (χ3n) is 6.07. The van der Waals surface area contributed by atoms with Crippen LogP contribution in [0.5, 0.6) is 0 Å². The number of hydrogen-bond acceptors (Lipinski definition) is 2. The van der Waals surface area contributed by atoms with Crippen LogP contribution in [0.4, 0.5) is 42.1 Å². The van der Waals surface area contributed by atoms with Gasteiger partial charge in [-0.2, -0.15) is 26.3 Å². The molecule has 2 amide bonds. The Hall–Kier alpha value is -3.11. The zero-order valence-electron chi connectivity index (χ0n) is 18.4. The van der Waals surface area contributed by atoms with Crippen molar-refractivity contribution in [3.8, 4) is 0 Å². The highest BCUT2D eigenvalue weighted by atomic mass is 19.4. The van der Waals surface area contributed by atoms with Gasteiger partial charge in [-0.1, -0.05) is 26.0 Å². The highest BCUT2D eigenvalue weighted by Gasteiger charge is 2.52. The number of nitrogens with zero attached hydrogens (tertiary/aromatic N) is 1. The molecule has 0 saturated carbocycles. The van der Waals surface area contributed by atoms with Gasteiger partial charge in [-0.05, 0) is 42.7 Å². The minimum Gasteiger partial charge on any atom is -0.326 e. The molecule has 0 bridgehead atoms. The van der Waals surface area contributed by atoms with Gasteiger partial charge in [-0.3, -0.25) is 9.59 Å². The number of nitrogens with one attached hydrogen (secondary N) is 1. The van der Waals surface area contributed by atoms with Crippen LogP contribution in [-0.4, -0.2) is 18.4 Å². The second-order valence-electron chi connectivity index (χ2n) is 8.62.